The number of hydrogen-bond donors (Lipinski definition) is 1. The number of nitrogens with two attached hydrogens (primary N) is 1. The summed E-state index contributed by atoms with van der Waals surface area (Å²) in [5.41, 5.74) is 8.00. The molecule has 18 heavy (non-hydrogen) atoms. The minimum absolute atomic E-state index is 0.409. The van der Waals surface area contributed by atoms with Crippen LogP contribution in [0.5, 0.6) is 5.75 Å². The van der Waals surface area contributed by atoms with Crippen LogP contribution in [0.4, 0.5) is 5.95 Å². The Morgan fingerprint density at radius 1 is 1.44 bits per heavy atom. The van der Waals surface area contributed by atoms with Crippen LogP contribution >= 0.6 is 0 Å². The number of fused-ring (bicyclic) bond motifs is 1. The maximum atomic E-state index is 6.08. The summed E-state index contributed by atoms with van der Waals surface area (Å²) in [5, 5.41) is 0. The van der Waals surface area contributed by atoms with Crippen LogP contribution in [0.25, 0.3) is 11.0 Å². The van der Waals surface area contributed by atoms with Gasteiger partial charge in [0, 0.05) is 6.54 Å². The first-order valence-corrected chi connectivity index (χ1v) is 6.19. The highest BCUT2D eigenvalue weighted by Gasteiger charge is 2.25. The number of nitrogen functional groups attached to an aromatic ring is 1. The van der Waals surface area contributed by atoms with Crippen molar-refractivity contribution < 1.29 is 4.74 Å². The first-order chi connectivity index (χ1) is 8.70. The second-order valence-electron chi connectivity index (χ2n) is 4.87. The maximum absolute atomic E-state index is 6.08. The van der Waals surface area contributed by atoms with Gasteiger partial charge >= 0.3 is 0 Å². The van der Waals surface area contributed by atoms with Gasteiger partial charge in [-0.1, -0.05) is 6.07 Å². The van der Waals surface area contributed by atoms with Crippen molar-refractivity contribution in [1.29, 1.82) is 0 Å². The number of nitrogens with zero attached hydrogens (tertiary/aromatic N) is 3. The Hall–Kier alpha value is -1.75. The third-order valence-electron chi connectivity index (χ3n) is 3.66. The summed E-state index contributed by atoms with van der Waals surface area (Å²) in [6.45, 7) is 2.13. The molecule has 0 spiro atoms. The molecule has 1 aliphatic heterocycles. The van der Waals surface area contributed by atoms with E-state index in [0.29, 0.717) is 12.0 Å². The Morgan fingerprint density at radius 2 is 2.28 bits per heavy atom. The molecule has 1 atom stereocenters. The summed E-state index contributed by atoms with van der Waals surface area (Å²) in [7, 11) is 3.79. The van der Waals surface area contributed by atoms with Gasteiger partial charge in [0.05, 0.1) is 18.7 Å². The van der Waals surface area contributed by atoms with Gasteiger partial charge in [-0.3, -0.25) is 0 Å². The number of para-hydroxylation sites is 1. The van der Waals surface area contributed by atoms with E-state index in [1.165, 1.54) is 0 Å². The van der Waals surface area contributed by atoms with Crippen molar-refractivity contribution in [3.63, 3.8) is 0 Å². The summed E-state index contributed by atoms with van der Waals surface area (Å²) in [6, 6.07) is 6.36. The van der Waals surface area contributed by atoms with Gasteiger partial charge in [-0.2, -0.15) is 0 Å². The van der Waals surface area contributed by atoms with E-state index >= 15 is 0 Å². The number of ether oxygens (including phenoxy) is 1. The zero-order valence-corrected chi connectivity index (χ0v) is 10.8. The monoisotopic (exact) mass is 246 g/mol. The van der Waals surface area contributed by atoms with Crippen molar-refractivity contribution in [2.45, 2.75) is 12.5 Å². The maximum Gasteiger partial charge on any atom is 0.201 e. The van der Waals surface area contributed by atoms with Crippen molar-refractivity contribution >= 4 is 17.0 Å². The molecule has 5 nitrogen and oxygen atoms in total. The summed E-state index contributed by atoms with van der Waals surface area (Å²) in [6.07, 6.45) is 1.11. The number of benzene rings is 1. The largest absolute Gasteiger partial charge is 0.494 e. The predicted molar refractivity (Wildman–Crippen MR) is 71.8 cm³/mol. The van der Waals surface area contributed by atoms with Crippen LogP contribution in [-0.4, -0.2) is 41.7 Å². The highest BCUT2D eigenvalue weighted by Crippen LogP contribution is 2.32. The number of likely N-dealkylation sites (tertiary alicyclic amines) is 1. The number of anilines is 1. The molecule has 1 aromatic carbocycles. The van der Waals surface area contributed by atoms with Crippen LogP contribution in [-0.2, 0) is 0 Å². The fourth-order valence-electron chi connectivity index (χ4n) is 2.78. The van der Waals surface area contributed by atoms with E-state index in [9.17, 15) is 0 Å². The molecule has 0 amide bonds. The molecule has 2 N–H and O–H groups in total. The van der Waals surface area contributed by atoms with Gasteiger partial charge in [0.2, 0.25) is 5.95 Å². The third kappa shape index (κ3) is 1.62. The van der Waals surface area contributed by atoms with E-state index in [-0.39, 0.29) is 0 Å². The third-order valence-corrected chi connectivity index (χ3v) is 3.66. The zero-order chi connectivity index (χ0) is 12.7. The van der Waals surface area contributed by atoms with Crippen LogP contribution in [0.2, 0.25) is 0 Å². The Kier molecular flexibility index (Phi) is 2.63. The van der Waals surface area contributed by atoms with Crippen LogP contribution in [0.3, 0.4) is 0 Å². The Morgan fingerprint density at radius 3 is 2.94 bits per heavy atom. The van der Waals surface area contributed by atoms with Crippen molar-refractivity contribution in [3.8, 4) is 5.75 Å². The standard InChI is InChI=1S/C13H18N4O/c1-16-7-6-9(8-16)17-10-4-3-5-11(18-2)12(10)15-13(17)14/h3-5,9H,6-8H2,1-2H3,(H2,14,15). The van der Waals surface area contributed by atoms with Crippen LogP contribution in [0.15, 0.2) is 18.2 Å². The van der Waals surface area contributed by atoms with Gasteiger partial charge < -0.3 is 19.9 Å². The normalized spacial score (nSPS) is 20.7. The SMILES string of the molecule is COc1cccc2c1nc(N)n2C1CCN(C)C1. The molecule has 1 aliphatic rings. The van der Waals surface area contributed by atoms with Crippen molar-refractivity contribution in [1.82, 2.24) is 14.5 Å². The minimum Gasteiger partial charge on any atom is -0.494 e. The number of hydrogen-bond acceptors (Lipinski definition) is 4. The average Bonchev–Trinajstić information content (AvgIpc) is 2.91. The molecule has 0 saturated carbocycles. The summed E-state index contributed by atoms with van der Waals surface area (Å²) in [4.78, 5) is 6.77. The quantitative estimate of drug-likeness (QED) is 0.872. The smallest absolute Gasteiger partial charge is 0.201 e. The second kappa shape index (κ2) is 4.17. The zero-order valence-electron chi connectivity index (χ0n) is 10.8. The average molecular weight is 246 g/mol. The molecule has 0 bridgehead atoms. The lowest BCUT2D eigenvalue weighted by atomic mass is 10.2. The number of aromatic nitrogens is 2. The second-order valence-corrected chi connectivity index (χ2v) is 4.87. The fraction of sp³-hybridized carbons (Fsp3) is 0.462. The molecule has 96 valence electrons. The van der Waals surface area contributed by atoms with Gasteiger partial charge in [-0.15, -0.1) is 0 Å². The molecule has 0 radical (unpaired) electrons. The molecule has 0 aliphatic carbocycles. The molecular formula is C13H18N4O. The van der Waals surface area contributed by atoms with E-state index in [1.807, 2.05) is 12.1 Å². The molecule has 1 unspecified atom stereocenters. The van der Waals surface area contributed by atoms with Gasteiger partial charge in [0.15, 0.2) is 0 Å². The fourth-order valence-corrected chi connectivity index (χ4v) is 2.78. The van der Waals surface area contributed by atoms with E-state index in [4.69, 9.17) is 10.5 Å². The van der Waals surface area contributed by atoms with Gasteiger partial charge in [0.1, 0.15) is 11.3 Å². The van der Waals surface area contributed by atoms with E-state index in [2.05, 4.69) is 27.6 Å². The van der Waals surface area contributed by atoms with E-state index < -0.39 is 0 Å². The molecule has 2 aromatic rings. The molecule has 1 saturated heterocycles. The minimum atomic E-state index is 0.409. The highest BCUT2D eigenvalue weighted by atomic mass is 16.5. The first kappa shape index (κ1) is 11.3. The van der Waals surface area contributed by atoms with Crippen LogP contribution in [0, 0.1) is 0 Å². The summed E-state index contributed by atoms with van der Waals surface area (Å²) in [5.74, 6) is 1.36. The summed E-state index contributed by atoms with van der Waals surface area (Å²) < 4.78 is 7.48. The van der Waals surface area contributed by atoms with E-state index in [1.54, 1.807) is 7.11 Å². The van der Waals surface area contributed by atoms with Crippen molar-refractivity contribution in [2.24, 2.45) is 0 Å². The molecule has 1 aromatic heterocycles. The lowest BCUT2D eigenvalue weighted by Crippen LogP contribution is -2.17. The number of imidazole rings is 1. The van der Waals surface area contributed by atoms with Crippen LogP contribution in [0.1, 0.15) is 12.5 Å². The molecular weight excluding hydrogens is 228 g/mol. The van der Waals surface area contributed by atoms with Crippen molar-refractivity contribution in [3.05, 3.63) is 18.2 Å². The van der Waals surface area contributed by atoms with Crippen molar-refractivity contribution in [2.75, 3.05) is 33.0 Å². The molecule has 2 heterocycles. The van der Waals surface area contributed by atoms with Gasteiger partial charge in [-0.05, 0) is 32.1 Å². The Labute approximate surface area is 106 Å². The van der Waals surface area contributed by atoms with Crippen LogP contribution < -0.4 is 10.5 Å². The Bertz CT molecular complexity index is 578. The summed E-state index contributed by atoms with van der Waals surface area (Å²) >= 11 is 0. The molecule has 5 heteroatoms. The van der Waals surface area contributed by atoms with Gasteiger partial charge in [-0.25, -0.2) is 4.98 Å². The predicted octanol–water partition coefficient (Wildman–Crippen LogP) is 1.50. The number of likely N-dealkylation sites (N-methyl/N-ethyl adjacent to an activating group) is 1. The van der Waals surface area contributed by atoms with Gasteiger partial charge in [0.25, 0.3) is 0 Å². The number of rotatable bonds is 2. The lowest BCUT2D eigenvalue weighted by molar-refractivity contribution is 0.395. The molecule has 3 rings (SSSR count). The number of methoxy groups -OCH3 is 1. The Balaban J connectivity index is 2.14. The van der Waals surface area contributed by atoms with E-state index in [0.717, 1.165) is 36.3 Å². The first-order valence-electron chi connectivity index (χ1n) is 6.19. The topological polar surface area (TPSA) is 56.3 Å². The molecule has 1 fully saturated rings. The highest BCUT2D eigenvalue weighted by molar-refractivity contribution is 5.84. The lowest BCUT2D eigenvalue weighted by Gasteiger charge is -2.15.